The lowest BCUT2D eigenvalue weighted by atomic mass is 10.3. The van der Waals surface area contributed by atoms with Crippen LogP contribution in [0.5, 0.6) is 5.75 Å². The first-order chi connectivity index (χ1) is 10.1. The number of aromatic nitrogens is 1. The summed E-state index contributed by atoms with van der Waals surface area (Å²) >= 11 is 0. The Morgan fingerprint density at radius 1 is 1.29 bits per heavy atom. The van der Waals surface area contributed by atoms with Gasteiger partial charge in [0.25, 0.3) is 10.0 Å². The molecule has 1 N–H and O–H groups in total. The molecule has 21 heavy (non-hydrogen) atoms. The average Bonchev–Trinajstić information content (AvgIpc) is 2.49. The number of hydrogen-bond acceptors (Lipinski definition) is 5. The van der Waals surface area contributed by atoms with Crippen LogP contribution in [0, 0.1) is 11.3 Å². The first-order valence-corrected chi connectivity index (χ1v) is 7.66. The predicted octanol–water partition coefficient (Wildman–Crippen LogP) is 2.15. The van der Waals surface area contributed by atoms with Crippen LogP contribution in [-0.2, 0) is 10.0 Å². The molecule has 1 aromatic heterocycles. The van der Waals surface area contributed by atoms with Crippen molar-refractivity contribution in [3.63, 3.8) is 0 Å². The minimum atomic E-state index is -3.91. The Morgan fingerprint density at radius 2 is 2.05 bits per heavy atom. The van der Waals surface area contributed by atoms with Crippen molar-refractivity contribution in [3.05, 3.63) is 48.3 Å². The van der Waals surface area contributed by atoms with Crippen LogP contribution in [0.3, 0.4) is 0 Å². The largest absolute Gasteiger partial charge is 0.492 e. The highest BCUT2D eigenvalue weighted by atomic mass is 32.2. The number of para-hydroxylation sites is 2. The maximum absolute atomic E-state index is 12.4. The van der Waals surface area contributed by atoms with Crippen LogP contribution < -0.4 is 9.46 Å². The molecule has 0 aliphatic rings. The third-order valence-electron chi connectivity index (χ3n) is 2.60. The van der Waals surface area contributed by atoms with Crippen molar-refractivity contribution in [1.29, 1.82) is 5.26 Å². The minimum Gasteiger partial charge on any atom is -0.492 e. The van der Waals surface area contributed by atoms with Gasteiger partial charge in [-0.1, -0.05) is 12.1 Å². The van der Waals surface area contributed by atoms with Gasteiger partial charge in [-0.05, 0) is 31.2 Å². The van der Waals surface area contributed by atoms with E-state index in [1.807, 2.05) is 0 Å². The Morgan fingerprint density at radius 3 is 2.76 bits per heavy atom. The maximum Gasteiger partial charge on any atom is 0.264 e. The van der Waals surface area contributed by atoms with Crippen LogP contribution >= 0.6 is 0 Å². The van der Waals surface area contributed by atoms with Crippen LogP contribution in [0.4, 0.5) is 5.69 Å². The fourth-order valence-electron chi connectivity index (χ4n) is 1.72. The molecule has 0 bridgehead atoms. The van der Waals surface area contributed by atoms with Gasteiger partial charge in [0.15, 0.2) is 5.69 Å². The third-order valence-corrected chi connectivity index (χ3v) is 3.99. The summed E-state index contributed by atoms with van der Waals surface area (Å²) in [4.78, 5) is 3.58. The Bertz CT molecular complexity index is 782. The van der Waals surface area contributed by atoms with Gasteiger partial charge in [0.05, 0.1) is 12.3 Å². The topological polar surface area (TPSA) is 92.1 Å². The van der Waals surface area contributed by atoms with E-state index >= 15 is 0 Å². The van der Waals surface area contributed by atoms with Crippen molar-refractivity contribution < 1.29 is 13.2 Å². The van der Waals surface area contributed by atoms with Gasteiger partial charge in [0.1, 0.15) is 16.7 Å². The second-order valence-electron chi connectivity index (χ2n) is 4.00. The van der Waals surface area contributed by atoms with Gasteiger partial charge < -0.3 is 4.74 Å². The van der Waals surface area contributed by atoms with Gasteiger partial charge in [-0.3, -0.25) is 4.72 Å². The number of hydrogen-bond donors (Lipinski definition) is 1. The highest BCUT2D eigenvalue weighted by Crippen LogP contribution is 2.27. The number of benzene rings is 1. The molecule has 0 unspecified atom stereocenters. The molecular formula is C14H13N3O3S. The average molecular weight is 303 g/mol. The van der Waals surface area contributed by atoms with Gasteiger partial charge in [0.2, 0.25) is 0 Å². The SMILES string of the molecule is CCOc1ccccc1NS(=O)(=O)c1cccnc1C#N. The number of sulfonamides is 1. The third kappa shape index (κ3) is 3.30. The van der Waals surface area contributed by atoms with Crippen molar-refractivity contribution in [3.8, 4) is 11.8 Å². The monoisotopic (exact) mass is 303 g/mol. The molecule has 0 fully saturated rings. The van der Waals surface area contributed by atoms with Crippen LogP contribution in [-0.4, -0.2) is 20.0 Å². The van der Waals surface area contributed by atoms with E-state index < -0.39 is 10.0 Å². The van der Waals surface area contributed by atoms with E-state index in [2.05, 4.69) is 9.71 Å². The van der Waals surface area contributed by atoms with E-state index in [9.17, 15) is 8.42 Å². The first kappa shape index (κ1) is 14.8. The molecule has 2 aromatic rings. The summed E-state index contributed by atoms with van der Waals surface area (Å²) < 4.78 is 32.5. The van der Waals surface area contributed by atoms with Gasteiger partial charge in [-0.25, -0.2) is 13.4 Å². The first-order valence-electron chi connectivity index (χ1n) is 6.18. The zero-order valence-corrected chi connectivity index (χ0v) is 12.1. The van der Waals surface area contributed by atoms with Gasteiger partial charge in [-0.2, -0.15) is 5.26 Å². The number of ether oxygens (including phenoxy) is 1. The van der Waals surface area contributed by atoms with E-state index in [1.165, 1.54) is 18.3 Å². The summed E-state index contributed by atoms with van der Waals surface area (Å²) in [6, 6.07) is 11.2. The number of anilines is 1. The molecule has 0 aliphatic carbocycles. The van der Waals surface area contributed by atoms with Crippen molar-refractivity contribution in [2.24, 2.45) is 0 Å². The maximum atomic E-state index is 12.4. The molecule has 108 valence electrons. The predicted molar refractivity (Wildman–Crippen MR) is 77.4 cm³/mol. The number of nitrogens with zero attached hydrogens (tertiary/aromatic N) is 2. The Hall–Kier alpha value is -2.59. The van der Waals surface area contributed by atoms with Gasteiger partial charge in [0, 0.05) is 6.20 Å². The molecule has 0 atom stereocenters. The highest BCUT2D eigenvalue weighted by Gasteiger charge is 2.20. The fourth-order valence-corrected chi connectivity index (χ4v) is 2.90. The lowest BCUT2D eigenvalue weighted by Crippen LogP contribution is -2.15. The number of rotatable bonds is 5. The zero-order valence-electron chi connectivity index (χ0n) is 11.3. The molecule has 0 aliphatic heterocycles. The van der Waals surface area contributed by atoms with Crippen molar-refractivity contribution in [2.75, 3.05) is 11.3 Å². The normalized spacial score (nSPS) is 10.7. The van der Waals surface area contributed by atoms with E-state index in [0.717, 1.165) is 0 Å². The molecule has 1 heterocycles. The summed E-state index contributed by atoms with van der Waals surface area (Å²) in [6.07, 6.45) is 1.37. The molecule has 2 rings (SSSR count). The number of pyridine rings is 1. The molecule has 0 radical (unpaired) electrons. The summed E-state index contributed by atoms with van der Waals surface area (Å²) in [6.45, 7) is 2.22. The van der Waals surface area contributed by atoms with Crippen LogP contribution in [0.2, 0.25) is 0 Å². The lowest BCUT2D eigenvalue weighted by Gasteiger charge is -2.12. The molecule has 0 saturated carbocycles. The number of nitriles is 1. The molecule has 1 aromatic carbocycles. The van der Waals surface area contributed by atoms with E-state index in [-0.39, 0.29) is 10.6 Å². The summed E-state index contributed by atoms with van der Waals surface area (Å²) in [5.74, 6) is 0.422. The van der Waals surface area contributed by atoms with E-state index in [1.54, 1.807) is 37.3 Å². The number of nitrogens with one attached hydrogen (secondary N) is 1. The van der Waals surface area contributed by atoms with Gasteiger partial charge in [-0.15, -0.1) is 0 Å². The molecule has 7 heteroatoms. The standard InChI is InChI=1S/C14H13N3O3S/c1-2-20-13-7-4-3-6-11(13)17-21(18,19)14-8-5-9-16-12(14)10-15/h3-9,17H,2H2,1H3. The fraction of sp³-hybridized carbons (Fsp3) is 0.143. The van der Waals surface area contributed by atoms with Crippen molar-refractivity contribution in [1.82, 2.24) is 4.98 Å². The lowest BCUT2D eigenvalue weighted by molar-refractivity contribution is 0.342. The molecule has 0 spiro atoms. The highest BCUT2D eigenvalue weighted by molar-refractivity contribution is 7.92. The van der Waals surface area contributed by atoms with Crippen LogP contribution in [0.25, 0.3) is 0 Å². The molecular weight excluding hydrogens is 290 g/mol. The molecule has 0 amide bonds. The Kier molecular flexibility index (Phi) is 4.40. The van der Waals surface area contributed by atoms with Crippen molar-refractivity contribution >= 4 is 15.7 Å². The van der Waals surface area contributed by atoms with E-state index in [4.69, 9.17) is 10.00 Å². The minimum absolute atomic E-state index is 0.154. The summed E-state index contributed by atoms with van der Waals surface area (Å²) in [5.41, 5.74) is 0.158. The van der Waals surface area contributed by atoms with Crippen molar-refractivity contribution in [2.45, 2.75) is 11.8 Å². The Labute approximate surface area is 123 Å². The second-order valence-corrected chi connectivity index (χ2v) is 5.65. The quantitative estimate of drug-likeness (QED) is 0.913. The summed E-state index contributed by atoms with van der Waals surface area (Å²) in [7, 11) is -3.91. The van der Waals surface area contributed by atoms with E-state index in [0.29, 0.717) is 18.0 Å². The van der Waals surface area contributed by atoms with Crippen LogP contribution in [0.1, 0.15) is 12.6 Å². The zero-order chi connectivity index (χ0) is 15.3. The molecule has 0 saturated heterocycles. The van der Waals surface area contributed by atoms with Crippen LogP contribution in [0.15, 0.2) is 47.5 Å². The van der Waals surface area contributed by atoms with Gasteiger partial charge >= 0.3 is 0 Å². The second kappa shape index (κ2) is 6.24. The Balaban J connectivity index is 2.41. The summed E-state index contributed by atoms with van der Waals surface area (Å²) in [5, 5.41) is 8.96. The molecule has 6 nitrogen and oxygen atoms in total. The smallest absolute Gasteiger partial charge is 0.264 e.